The summed E-state index contributed by atoms with van der Waals surface area (Å²) < 4.78 is 10.1. The Morgan fingerprint density at radius 2 is 1.90 bits per heavy atom. The summed E-state index contributed by atoms with van der Waals surface area (Å²) in [4.78, 5) is 42.0. The van der Waals surface area contributed by atoms with E-state index >= 15 is 0 Å². The molecule has 1 aromatic heterocycles. The van der Waals surface area contributed by atoms with Crippen LogP contribution in [0.5, 0.6) is 0 Å². The molecule has 3 rings (SSSR count). The molecule has 0 saturated heterocycles. The zero-order valence-corrected chi connectivity index (χ0v) is 17.7. The van der Waals surface area contributed by atoms with Crippen LogP contribution in [0.2, 0.25) is 0 Å². The number of amides is 1. The smallest absolute Gasteiger partial charge is 0.339 e. The van der Waals surface area contributed by atoms with E-state index in [1.54, 1.807) is 0 Å². The van der Waals surface area contributed by atoms with Crippen LogP contribution >= 0.6 is 0 Å². The van der Waals surface area contributed by atoms with Gasteiger partial charge < -0.3 is 14.8 Å². The number of fused-ring (bicyclic) bond motifs is 2. The fourth-order valence-corrected chi connectivity index (χ4v) is 3.82. The molecule has 2 aromatic rings. The first-order valence-corrected chi connectivity index (χ1v) is 10.4. The maximum Gasteiger partial charge on any atom is 0.339 e. The fraction of sp³-hybridized carbons (Fsp3) is 0.478. The number of hydrogen-bond donors (Lipinski definition) is 1. The minimum Gasteiger partial charge on any atom is -0.467 e. The molecular formula is C23H28N2O5. The maximum absolute atomic E-state index is 13.0. The van der Waals surface area contributed by atoms with E-state index in [1.165, 1.54) is 7.11 Å². The summed E-state index contributed by atoms with van der Waals surface area (Å²) in [5.41, 5.74) is 3.09. The zero-order valence-electron chi connectivity index (χ0n) is 17.7. The minimum atomic E-state index is -0.777. The quantitative estimate of drug-likeness (QED) is 0.703. The van der Waals surface area contributed by atoms with Crippen LogP contribution in [-0.4, -0.2) is 42.6 Å². The van der Waals surface area contributed by atoms with Gasteiger partial charge in [0.2, 0.25) is 0 Å². The average Bonchev–Trinajstić information content (AvgIpc) is 2.78. The van der Waals surface area contributed by atoms with Gasteiger partial charge in [0, 0.05) is 11.1 Å². The zero-order chi connectivity index (χ0) is 21.7. The van der Waals surface area contributed by atoms with E-state index in [9.17, 15) is 14.4 Å². The number of benzene rings is 1. The number of nitrogens with one attached hydrogen (secondary N) is 1. The fourth-order valence-electron chi connectivity index (χ4n) is 3.82. The molecule has 0 unspecified atom stereocenters. The standard InChI is InChI=1S/C23H28N2O5/c1-4-14(2)21(23(28)29-3)25-19(26)13-30-22(27)20-15-9-5-7-11-17(15)24-18-12-8-6-10-16(18)20/h5,7,9,11,14,21H,4,6,8,10,12-13H2,1-3H3,(H,25,26)/t14-,21+/m1/s1. The lowest BCUT2D eigenvalue weighted by Crippen LogP contribution is -2.47. The SMILES string of the molecule is CC[C@@H](C)[C@H](NC(=O)COC(=O)c1c2c(nc3ccccc13)CCCC2)C(=O)OC. The lowest BCUT2D eigenvalue weighted by molar-refractivity contribution is -0.147. The highest BCUT2D eigenvalue weighted by Crippen LogP contribution is 2.29. The molecule has 0 aliphatic heterocycles. The molecule has 160 valence electrons. The van der Waals surface area contributed by atoms with Crippen LogP contribution in [0, 0.1) is 5.92 Å². The lowest BCUT2D eigenvalue weighted by atomic mass is 9.90. The normalized spacial score (nSPS) is 15.0. The Hall–Kier alpha value is -2.96. The second-order valence-corrected chi connectivity index (χ2v) is 7.67. The predicted octanol–water partition coefficient (Wildman–Crippen LogP) is 2.97. The number of esters is 2. The largest absolute Gasteiger partial charge is 0.467 e. The van der Waals surface area contributed by atoms with Gasteiger partial charge in [0.05, 0.1) is 18.2 Å². The first kappa shape index (κ1) is 21.7. The molecule has 7 heteroatoms. The van der Waals surface area contributed by atoms with E-state index in [0.717, 1.165) is 47.8 Å². The molecule has 0 radical (unpaired) electrons. The number of carbonyl (C=O) groups is 3. The van der Waals surface area contributed by atoms with Crippen molar-refractivity contribution in [1.82, 2.24) is 10.3 Å². The molecule has 1 aliphatic carbocycles. The second-order valence-electron chi connectivity index (χ2n) is 7.67. The van der Waals surface area contributed by atoms with Crippen molar-refractivity contribution in [3.05, 3.63) is 41.1 Å². The highest BCUT2D eigenvalue weighted by molar-refractivity contribution is 6.05. The van der Waals surface area contributed by atoms with Gasteiger partial charge >= 0.3 is 11.9 Å². The van der Waals surface area contributed by atoms with Crippen LogP contribution in [0.25, 0.3) is 10.9 Å². The van der Waals surface area contributed by atoms with E-state index in [2.05, 4.69) is 5.32 Å². The van der Waals surface area contributed by atoms with E-state index in [-0.39, 0.29) is 5.92 Å². The van der Waals surface area contributed by atoms with Gasteiger partial charge in [0.1, 0.15) is 6.04 Å². The van der Waals surface area contributed by atoms with E-state index < -0.39 is 30.5 Å². The average molecular weight is 412 g/mol. The van der Waals surface area contributed by atoms with Crippen LogP contribution in [0.4, 0.5) is 0 Å². The van der Waals surface area contributed by atoms with Gasteiger partial charge in [0.15, 0.2) is 6.61 Å². The summed E-state index contributed by atoms with van der Waals surface area (Å²) >= 11 is 0. The van der Waals surface area contributed by atoms with Gasteiger partial charge in [-0.2, -0.15) is 0 Å². The van der Waals surface area contributed by atoms with Crippen molar-refractivity contribution in [1.29, 1.82) is 0 Å². The molecule has 1 heterocycles. The molecule has 0 fully saturated rings. The Morgan fingerprint density at radius 1 is 1.17 bits per heavy atom. The van der Waals surface area contributed by atoms with Gasteiger partial charge in [-0.25, -0.2) is 9.59 Å². The number of nitrogens with zero attached hydrogens (tertiary/aromatic N) is 1. The molecular weight excluding hydrogens is 384 g/mol. The molecule has 1 aromatic carbocycles. The van der Waals surface area contributed by atoms with Gasteiger partial charge in [-0.1, -0.05) is 38.5 Å². The van der Waals surface area contributed by atoms with Gasteiger partial charge in [0.25, 0.3) is 5.91 Å². The number of pyridine rings is 1. The number of ether oxygens (including phenoxy) is 2. The Kier molecular flexibility index (Phi) is 7.03. The predicted molar refractivity (Wildman–Crippen MR) is 112 cm³/mol. The van der Waals surface area contributed by atoms with Crippen molar-refractivity contribution in [3.63, 3.8) is 0 Å². The van der Waals surface area contributed by atoms with Crippen molar-refractivity contribution in [2.45, 2.75) is 52.0 Å². The second kappa shape index (κ2) is 9.69. The number of aromatic nitrogens is 1. The van der Waals surface area contributed by atoms with Crippen molar-refractivity contribution >= 4 is 28.7 Å². The van der Waals surface area contributed by atoms with Crippen molar-refractivity contribution < 1.29 is 23.9 Å². The minimum absolute atomic E-state index is 0.103. The summed E-state index contributed by atoms with van der Waals surface area (Å²) in [6.45, 7) is 3.31. The van der Waals surface area contributed by atoms with Gasteiger partial charge in [-0.05, 0) is 43.2 Å². The molecule has 1 amide bonds. The lowest BCUT2D eigenvalue weighted by Gasteiger charge is -2.22. The van der Waals surface area contributed by atoms with Crippen LogP contribution in [-0.2, 0) is 31.9 Å². The van der Waals surface area contributed by atoms with Gasteiger partial charge in [-0.3, -0.25) is 9.78 Å². The van der Waals surface area contributed by atoms with Gasteiger partial charge in [-0.15, -0.1) is 0 Å². The summed E-state index contributed by atoms with van der Waals surface area (Å²) in [5, 5.41) is 3.35. The summed E-state index contributed by atoms with van der Waals surface area (Å²) in [6.07, 6.45) is 4.32. The summed E-state index contributed by atoms with van der Waals surface area (Å²) in [6, 6.07) is 6.69. The van der Waals surface area contributed by atoms with Crippen molar-refractivity contribution in [3.8, 4) is 0 Å². The number of carbonyl (C=O) groups excluding carboxylic acids is 3. The molecule has 30 heavy (non-hydrogen) atoms. The maximum atomic E-state index is 13.0. The Bertz CT molecular complexity index is 956. The van der Waals surface area contributed by atoms with Crippen molar-refractivity contribution in [2.75, 3.05) is 13.7 Å². The monoisotopic (exact) mass is 412 g/mol. The van der Waals surface area contributed by atoms with Crippen LogP contribution < -0.4 is 5.32 Å². The Balaban J connectivity index is 1.77. The number of aryl methyl sites for hydroxylation is 1. The highest BCUT2D eigenvalue weighted by atomic mass is 16.5. The Morgan fingerprint density at radius 3 is 2.63 bits per heavy atom. The number of para-hydroxylation sites is 1. The molecule has 1 N–H and O–H groups in total. The topological polar surface area (TPSA) is 94.6 Å². The molecule has 1 aliphatic rings. The molecule has 0 spiro atoms. The van der Waals surface area contributed by atoms with Crippen molar-refractivity contribution in [2.24, 2.45) is 5.92 Å². The molecule has 0 saturated carbocycles. The molecule has 2 atom stereocenters. The Labute approximate surface area is 176 Å². The van der Waals surface area contributed by atoms with Crippen LogP contribution in [0.15, 0.2) is 24.3 Å². The third kappa shape index (κ3) is 4.61. The van der Waals surface area contributed by atoms with E-state index in [1.807, 2.05) is 38.1 Å². The summed E-state index contributed by atoms with van der Waals surface area (Å²) in [5.74, 6) is -1.70. The first-order valence-electron chi connectivity index (χ1n) is 10.4. The number of hydrogen-bond acceptors (Lipinski definition) is 6. The van der Waals surface area contributed by atoms with Crippen LogP contribution in [0.1, 0.15) is 54.7 Å². The number of rotatable bonds is 7. The third-order valence-corrected chi connectivity index (χ3v) is 5.69. The summed E-state index contributed by atoms with van der Waals surface area (Å²) in [7, 11) is 1.28. The highest BCUT2D eigenvalue weighted by Gasteiger charge is 2.28. The third-order valence-electron chi connectivity index (χ3n) is 5.69. The molecule has 0 bridgehead atoms. The molecule has 7 nitrogen and oxygen atoms in total. The van der Waals surface area contributed by atoms with E-state index in [4.69, 9.17) is 14.5 Å². The van der Waals surface area contributed by atoms with E-state index in [0.29, 0.717) is 12.0 Å². The first-order chi connectivity index (χ1) is 14.5. The van der Waals surface area contributed by atoms with Crippen LogP contribution in [0.3, 0.4) is 0 Å². The number of methoxy groups -OCH3 is 1.